The molecule has 0 spiro atoms. The van der Waals surface area contributed by atoms with Crippen LogP contribution in [0.15, 0.2) is 17.2 Å². The molecule has 1 aromatic heterocycles. The van der Waals surface area contributed by atoms with Gasteiger partial charge in [-0.25, -0.2) is 10.2 Å². The molecular weight excluding hydrogens is 324 g/mol. The maximum Gasteiger partial charge on any atom is 0.408 e. The molecule has 1 atom stereocenters. The second-order valence-corrected chi connectivity index (χ2v) is 6.63. The van der Waals surface area contributed by atoms with E-state index in [1.807, 2.05) is 0 Å². The van der Waals surface area contributed by atoms with Gasteiger partial charge in [0.05, 0.1) is 16.0 Å². The van der Waals surface area contributed by atoms with E-state index in [-0.39, 0.29) is 5.00 Å². The van der Waals surface area contributed by atoms with Gasteiger partial charge in [0, 0.05) is 6.07 Å². The van der Waals surface area contributed by atoms with Gasteiger partial charge in [0.1, 0.15) is 11.6 Å². The van der Waals surface area contributed by atoms with Crippen molar-refractivity contribution < 1.29 is 19.2 Å². The van der Waals surface area contributed by atoms with E-state index >= 15 is 0 Å². The van der Waals surface area contributed by atoms with Crippen LogP contribution in [0.4, 0.5) is 9.80 Å². The number of thiophene rings is 1. The van der Waals surface area contributed by atoms with Crippen LogP contribution in [0.5, 0.6) is 0 Å². The first kappa shape index (κ1) is 18.6. The largest absolute Gasteiger partial charge is 0.444 e. The zero-order valence-electron chi connectivity index (χ0n) is 13.2. The molecule has 0 saturated carbocycles. The Labute approximate surface area is 136 Å². The zero-order chi connectivity index (χ0) is 17.6. The highest BCUT2D eigenvalue weighted by Crippen LogP contribution is 2.22. The molecule has 0 aliphatic rings. The van der Waals surface area contributed by atoms with Crippen molar-refractivity contribution in [2.24, 2.45) is 5.10 Å². The van der Waals surface area contributed by atoms with E-state index in [0.29, 0.717) is 4.88 Å². The van der Waals surface area contributed by atoms with Gasteiger partial charge >= 0.3 is 11.1 Å². The highest BCUT2D eigenvalue weighted by atomic mass is 32.1. The number of hydrogen-bond donors (Lipinski definition) is 2. The number of carbonyl (C=O) groups is 2. The molecule has 0 bridgehead atoms. The summed E-state index contributed by atoms with van der Waals surface area (Å²) < 4.78 is 5.03. The third kappa shape index (κ3) is 6.87. The van der Waals surface area contributed by atoms with E-state index in [9.17, 15) is 19.7 Å². The van der Waals surface area contributed by atoms with Gasteiger partial charge in [-0.1, -0.05) is 11.3 Å². The Morgan fingerprint density at radius 3 is 2.61 bits per heavy atom. The maximum atomic E-state index is 11.7. The van der Waals surface area contributed by atoms with Gasteiger partial charge in [-0.05, 0) is 33.8 Å². The molecular formula is C13H18N4O5S. The van der Waals surface area contributed by atoms with E-state index in [0.717, 1.165) is 11.3 Å². The predicted octanol–water partition coefficient (Wildman–Crippen LogP) is 2.02. The summed E-state index contributed by atoms with van der Waals surface area (Å²) in [4.78, 5) is 33.8. The van der Waals surface area contributed by atoms with Crippen molar-refractivity contribution in [3.8, 4) is 0 Å². The van der Waals surface area contributed by atoms with Crippen LogP contribution in [-0.2, 0) is 9.53 Å². The van der Waals surface area contributed by atoms with Crippen molar-refractivity contribution in [2.45, 2.75) is 39.3 Å². The van der Waals surface area contributed by atoms with Gasteiger partial charge in [0.25, 0.3) is 5.91 Å². The number of rotatable bonds is 5. The smallest absolute Gasteiger partial charge is 0.408 e. The quantitative estimate of drug-likeness (QED) is 0.481. The maximum absolute atomic E-state index is 11.7. The molecule has 0 saturated heterocycles. The normalized spacial score (nSPS) is 12.7. The summed E-state index contributed by atoms with van der Waals surface area (Å²) in [5.41, 5.74) is 1.57. The fourth-order valence-electron chi connectivity index (χ4n) is 1.32. The van der Waals surface area contributed by atoms with Crippen molar-refractivity contribution >= 4 is 34.6 Å². The summed E-state index contributed by atoms with van der Waals surface area (Å²) in [6.07, 6.45) is 0.577. The topological polar surface area (TPSA) is 123 Å². The van der Waals surface area contributed by atoms with Crippen LogP contribution < -0.4 is 10.7 Å². The number of nitro groups is 1. The zero-order valence-corrected chi connectivity index (χ0v) is 14.0. The van der Waals surface area contributed by atoms with Gasteiger partial charge in [-0.2, -0.15) is 5.10 Å². The Hall–Kier alpha value is -2.49. The first-order valence-electron chi connectivity index (χ1n) is 6.65. The lowest BCUT2D eigenvalue weighted by atomic mass is 10.2. The second-order valence-electron chi connectivity index (χ2n) is 5.54. The lowest BCUT2D eigenvalue weighted by Crippen LogP contribution is -2.45. The molecule has 9 nitrogen and oxygen atoms in total. The number of alkyl carbamates (subject to hydrolysis) is 1. The fraction of sp³-hybridized carbons (Fsp3) is 0.462. The summed E-state index contributed by atoms with van der Waals surface area (Å²) in [5, 5.41) is 16.6. The van der Waals surface area contributed by atoms with Crippen molar-refractivity contribution in [3.05, 3.63) is 27.1 Å². The minimum Gasteiger partial charge on any atom is -0.444 e. The molecule has 126 valence electrons. The molecule has 2 amide bonds. The number of hydrogen-bond acceptors (Lipinski definition) is 7. The van der Waals surface area contributed by atoms with Crippen LogP contribution in [-0.4, -0.2) is 34.8 Å². The summed E-state index contributed by atoms with van der Waals surface area (Å²) in [7, 11) is 0. The molecule has 0 unspecified atom stereocenters. The SMILES string of the molecule is C[C@H](NC(=O)OC(C)(C)C)C(=O)N/N=C/c1ccc([N+](=O)[O-])s1. The van der Waals surface area contributed by atoms with Gasteiger partial charge in [-0.3, -0.25) is 14.9 Å². The monoisotopic (exact) mass is 342 g/mol. The number of amides is 2. The molecule has 1 heterocycles. The average Bonchev–Trinajstić information content (AvgIpc) is 2.85. The Kier molecular flexibility index (Phi) is 6.19. The van der Waals surface area contributed by atoms with Crippen LogP contribution in [0.2, 0.25) is 0 Å². The Morgan fingerprint density at radius 2 is 2.09 bits per heavy atom. The Bertz CT molecular complexity index is 620. The molecule has 10 heteroatoms. The van der Waals surface area contributed by atoms with Crippen molar-refractivity contribution in [3.63, 3.8) is 0 Å². The van der Waals surface area contributed by atoms with Crippen LogP contribution >= 0.6 is 11.3 Å². The van der Waals surface area contributed by atoms with Crippen LogP contribution in [0.1, 0.15) is 32.6 Å². The third-order valence-electron chi connectivity index (χ3n) is 2.29. The molecule has 0 aromatic carbocycles. The third-order valence-corrected chi connectivity index (χ3v) is 3.26. The first-order chi connectivity index (χ1) is 10.6. The minimum atomic E-state index is -0.848. The second kappa shape index (κ2) is 7.68. The van der Waals surface area contributed by atoms with E-state index in [2.05, 4.69) is 15.8 Å². The number of hydrazone groups is 1. The molecule has 1 rings (SSSR count). The molecule has 0 aliphatic heterocycles. The molecule has 23 heavy (non-hydrogen) atoms. The number of carbonyl (C=O) groups excluding carboxylic acids is 2. The Morgan fingerprint density at radius 1 is 1.43 bits per heavy atom. The molecule has 2 N–H and O–H groups in total. The van der Waals surface area contributed by atoms with Gasteiger partial charge in [0.15, 0.2) is 0 Å². The molecule has 1 aromatic rings. The Balaban J connectivity index is 2.47. The van der Waals surface area contributed by atoms with Crippen molar-refractivity contribution in [2.75, 3.05) is 0 Å². The average molecular weight is 342 g/mol. The van der Waals surface area contributed by atoms with E-state index in [1.165, 1.54) is 25.3 Å². The summed E-state index contributed by atoms with van der Waals surface area (Å²) >= 11 is 0.929. The highest BCUT2D eigenvalue weighted by molar-refractivity contribution is 7.16. The van der Waals surface area contributed by atoms with E-state index in [1.54, 1.807) is 20.8 Å². The van der Waals surface area contributed by atoms with Crippen LogP contribution in [0.25, 0.3) is 0 Å². The lowest BCUT2D eigenvalue weighted by molar-refractivity contribution is -0.380. The summed E-state index contributed by atoms with van der Waals surface area (Å²) in [6, 6.07) is 2.01. The van der Waals surface area contributed by atoms with Crippen LogP contribution in [0.3, 0.4) is 0 Å². The van der Waals surface area contributed by atoms with E-state index in [4.69, 9.17) is 4.74 Å². The molecule has 0 radical (unpaired) electrons. The van der Waals surface area contributed by atoms with Crippen LogP contribution in [0, 0.1) is 10.1 Å². The molecule has 0 fully saturated rings. The highest BCUT2D eigenvalue weighted by Gasteiger charge is 2.20. The number of nitrogens with one attached hydrogen (secondary N) is 2. The fourth-order valence-corrected chi connectivity index (χ4v) is 2.01. The summed E-state index contributed by atoms with van der Waals surface area (Å²) in [5.74, 6) is -0.543. The van der Waals surface area contributed by atoms with Crippen molar-refractivity contribution in [1.82, 2.24) is 10.7 Å². The molecule has 0 aliphatic carbocycles. The number of nitrogens with zero attached hydrogens (tertiary/aromatic N) is 2. The van der Waals surface area contributed by atoms with Gasteiger partial charge in [0.2, 0.25) is 0 Å². The summed E-state index contributed by atoms with van der Waals surface area (Å²) in [6.45, 7) is 6.61. The van der Waals surface area contributed by atoms with Gasteiger partial charge < -0.3 is 10.1 Å². The van der Waals surface area contributed by atoms with Gasteiger partial charge in [-0.15, -0.1) is 0 Å². The predicted molar refractivity (Wildman–Crippen MR) is 85.5 cm³/mol. The minimum absolute atomic E-state index is 0.0160. The first-order valence-corrected chi connectivity index (χ1v) is 7.47. The van der Waals surface area contributed by atoms with E-state index < -0.39 is 28.6 Å². The lowest BCUT2D eigenvalue weighted by Gasteiger charge is -2.21. The number of ether oxygens (including phenoxy) is 1. The van der Waals surface area contributed by atoms with Crippen molar-refractivity contribution in [1.29, 1.82) is 0 Å². The standard InChI is InChI=1S/C13H18N4O5S/c1-8(15-12(19)22-13(2,3)4)11(18)16-14-7-9-5-6-10(23-9)17(20)21/h5-8H,1-4H3,(H,15,19)(H,16,18)/b14-7+/t8-/m0/s1.